The number of rotatable bonds is 5. The van der Waals surface area contributed by atoms with Crippen LogP contribution in [0.5, 0.6) is 0 Å². The van der Waals surface area contributed by atoms with Crippen LogP contribution < -0.4 is 5.32 Å². The van der Waals surface area contributed by atoms with Gasteiger partial charge in [0.05, 0.1) is 6.10 Å². The van der Waals surface area contributed by atoms with E-state index in [2.05, 4.69) is 10.3 Å². The van der Waals surface area contributed by atoms with E-state index in [1.807, 2.05) is 0 Å². The summed E-state index contributed by atoms with van der Waals surface area (Å²) in [5.41, 5.74) is -0.552. The number of nitrogens with one attached hydrogen (secondary N) is 1. The molecule has 1 heterocycles. The molecule has 1 amide bonds. The maximum atomic E-state index is 11.4. The normalized spacial score (nSPS) is 14.8. The number of aliphatic hydroxyl groups excluding tert-OH is 2. The summed E-state index contributed by atoms with van der Waals surface area (Å²) < 4.78 is 5.05. The summed E-state index contributed by atoms with van der Waals surface area (Å²) in [6, 6.07) is 0. The molecule has 108 valence electrons. The van der Waals surface area contributed by atoms with Gasteiger partial charge in [0.15, 0.2) is 0 Å². The number of carbonyl (C=O) groups is 1. The third-order valence-corrected chi connectivity index (χ3v) is 3.02. The molecule has 0 aliphatic heterocycles. The van der Waals surface area contributed by atoms with E-state index in [-0.39, 0.29) is 13.0 Å². The van der Waals surface area contributed by atoms with Gasteiger partial charge in [0.1, 0.15) is 16.7 Å². The molecule has 1 aromatic heterocycles. The van der Waals surface area contributed by atoms with Crippen molar-refractivity contribution in [1.29, 1.82) is 0 Å². The molecule has 0 saturated heterocycles. The van der Waals surface area contributed by atoms with E-state index >= 15 is 0 Å². The summed E-state index contributed by atoms with van der Waals surface area (Å²) in [6.07, 6.45) is -0.750. The Labute approximate surface area is 116 Å². The van der Waals surface area contributed by atoms with Crippen molar-refractivity contribution in [1.82, 2.24) is 10.3 Å². The molecule has 3 N–H and O–H groups in total. The van der Waals surface area contributed by atoms with E-state index in [0.29, 0.717) is 5.01 Å². The number of carbonyl (C=O) groups excluding carboxylic acids is 1. The molecule has 7 heteroatoms. The van der Waals surface area contributed by atoms with Crippen LogP contribution in [0.15, 0.2) is 11.6 Å². The number of aromatic nitrogens is 1. The van der Waals surface area contributed by atoms with Crippen LogP contribution in [0, 0.1) is 0 Å². The first kappa shape index (κ1) is 15.9. The molecule has 0 radical (unpaired) electrons. The molecule has 6 nitrogen and oxygen atoms in total. The van der Waals surface area contributed by atoms with E-state index < -0.39 is 23.9 Å². The lowest BCUT2D eigenvalue weighted by Gasteiger charge is -2.20. The van der Waals surface area contributed by atoms with Gasteiger partial charge in [-0.2, -0.15) is 0 Å². The number of ether oxygens (including phenoxy) is 1. The molecule has 0 aliphatic carbocycles. The SMILES string of the molecule is CC(C)(C)OC(=O)NCCC(O)C(O)c1nccs1. The molecular weight excluding hydrogens is 268 g/mol. The van der Waals surface area contributed by atoms with Crippen LogP contribution in [0.1, 0.15) is 38.3 Å². The summed E-state index contributed by atoms with van der Waals surface area (Å²) in [5.74, 6) is 0. The van der Waals surface area contributed by atoms with Crippen molar-refractivity contribution in [2.75, 3.05) is 6.54 Å². The molecule has 0 fully saturated rings. The minimum Gasteiger partial charge on any atom is -0.444 e. The molecule has 2 atom stereocenters. The molecule has 0 saturated carbocycles. The zero-order valence-corrected chi connectivity index (χ0v) is 12.1. The summed E-state index contributed by atoms with van der Waals surface area (Å²) in [6.45, 7) is 5.54. The number of amides is 1. The van der Waals surface area contributed by atoms with Crippen molar-refractivity contribution in [3.05, 3.63) is 16.6 Å². The second kappa shape index (κ2) is 6.83. The van der Waals surface area contributed by atoms with E-state index in [1.165, 1.54) is 11.3 Å². The van der Waals surface area contributed by atoms with E-state index in [9.17, 15) is 15.0 Å². The number of hydrogen-bond donors (Lipinski definition) is 3. The van der Waals surface area contributed by atoms with Gasteiger partial charge in [0.2, 0.25) is 0 Å². The zero-order valence-electron chi connectivity index (χ0n) is 11.3. The predicted octanol–water partition coefficient (Wildman–Crippen LogP) is 1.45. The first-order chi connectivity index (χ1) is 8.79. The van der Waals surface area contributed by atoms with Gasteiger partial charge in [-0.25, -0.2) is 9.78 Å². The number of thiazole rings is 1. The Morgan fingerprint density at radius 1 is 1.53 bits per heavy atom. The van der Waals surface area contributed by atoms with Crippen LogP contribution in [0.3, 0.4) is 0 Å². The van der Waals surface area contributed by atoms with Gasteiger partial charge in [0.25, 0.3) is 0 Å². The lowest BCUT2D eigenvalue weighted by molar-refractivity contribution is 0.0122. The molecule has 2 unspecified atom stereocenters. The summed E-state index contributed by atoms with van der Waals surface area (Å²) in [7, 11) is 0. The molecule has 0 aromatic carbocycles. The number of nitrogens with zero attached hydrogens (tertiary/aromatic N) is 1. The lowest BCUT2D eigenvalue weighted by Crippen LogP contribution is -2.34. The van der Waals surface area contributed by atoms with Crippen molar-refractivity contribution in [2.45, 2.75) is 45.0 Å². The lowest BCUT2D eigenvalue weighted by atomic mass is 10.1. The Morgan fingerprint density at radius 3 is 2.74 bits per heavy atom. The third-order valence-electron chi connectivity index (χ3n) is 2.18. The van der Waals surface area contributed by atoms with Crippen molar-refractivity contribution >= 4 is 17.4 Å². The molecule has 0 bridgehead atoms. The van der Waals surface area contributed by atoms with Crippen LogP contribution in [-0.4, -0.2) is 39.5 Å². The molecule has 0 spiro atoms. The smallest absolute Gasteiger partial charge is 0.407 e. The van der Waals surface area contributed by atoms with E-state index in [0.717, 1.165) is 0 Å². The van der Waals surface area contributed by atoms with Gasteiger partial charge in [-0.1, -0.05) is 0 Å². The van der Waals surface area contributed by atoms with Gasteiger partial charge in [-0.15, -0.1) is 11.3 Å². The Morgan fingerprint density at radius 2 is 2.21 bits per heavy atom. The molecule has 1 aromatic rings. The van der Waals surface area contributed by atoms with Gasteiger partial charge in [-0.3, -0.25) is 0 Å². The van der Waals surface area contributed by atoms with Crippen LogP contribution in [0.4, 0.5) is 4.79 Å². The second-order valence-electron chi connectivity index (χ2n) is 5.10. The molecule has 0 aliphatic rings. The van der Waals surface area contributed by atoms with Crippen molar-refractivity contribution in [3.8, 4) is 0 Å². The standard InChI is InChI=1S/C12H20N2O4S/c1-12(2,3)18-11(17)14-5-4-8(15)9(16)10-13-6-7-19-10/h6-9,15-16H,4-5H2,1-3H3,(H,14,17). The summed E-state index contributed by atoms with van der Waals surface area (Å²) in [4.78, 5) is 15.3. The molecule has 19 heavy (non-hydrogen) atoms. The van der Waals surface area contributed by atoms with Crippen molar-refractivity contribution in [3.63, 3.8) is 0 Å². The average molecular weight is 288 g/mol. The summed E-state index contributed by atoms with van der Waals surface area (Å²) in [5, 5.41) is 24.3. The number of hydrogen-bond acceptors (Lipinski definition) is 6. The van der Waals surface area contributed by atoms with Crippen LogP contribution >= 0.6 is 11.3 Å². The van der Waals surface area contributed by atoms with Gasteiger partial charge in [-0.05, 0) is 27.2 Å². The van der Waals surface area contributed by atoms with Crippen LogP contribution in [-0.2, 0) is 4.74 Å². The Kier molecular flexibility index (Phi) is 5.71. The fraction of sp³-hybridized carbons (Fsp3) is 0.667. The second-order valence-corrected chi connectivity index (χ2v) is 6.03. The molecule has 1 rings (SSSR count). The Hall–Kier alpha value is -1.18. The minimum atomic E-state index is -1.03. The Bertz CT molecular complexity index is 389. The molecular formula is C12H20N2O4S. The van der Waals surface area contributed by atoms with Crippen LogP contribution in [0.2, 0.25) is 0 Å². The highest BCUT2D eigenvalue weighted by Crippen LogP contribution is 2.20. The highest BCUT2D eigenvalue weighted by Gasteiger charge is 2.21. The van der Waals surface area contributed by atoms with E-state index in [4.69, 9.17) is 4.74 Å². The Balaban J connectivity index is 2.27. The highest BCUT2D eigenvalue weighted by molar-refractivity contribution is 7.09. The number of aliphatic hydroxyl groups is 2. The third kappa shape index (κ3) is 6.00. The highest BCUT2D eigenvalue weighted by atomic mass is 32.1. The largest absolute Gasteiger partial charge is 0.444 e. The fourth-order valence-electron chi connectivity index (χ4n) is 1.34. The average Bonchev–Trinajstić information content (AvgIpc) is 2.78. The quantitative estimate of drug-likeness (QED) is 0.763. The predicted molar refractivity (Wildman–Crippen MR) is 71.9 cm³/mol. The topological polar surface area (TPSA) is 91.7 Å². The number of alkyl carbamates (subject to hydrolysis) is 1. The van der Waals surface area contributed by atoms with Gasteiger partial charge >= 0.3 is 6.09 Å². The maximum Gasteiger partial charge on any atom is 0.407 e. The fourth-order valence-corrected chi connectivity index (χ4v) is 2.02. The monoisotopic (exact) mass is 288 g/mol. The first-order valence-electron chi connectivity index (χ1n) is 6.02. The van der Waals surface area contributed by atoms with Gasteiger partial charge < -0.3 is 20.3 Å². The van der Waals surface area contributed by atoms with Crippen molar-refractivity contribution < 1.29 is 19.7 Å². The maximum absolute atomic E-state index is 11.4. The van der Waals surface area contributed by atoms with E-state index in [1.54, 1.807) is 32.3 Å². The first-order valence-corrected chi connectivity index (χ1v) is 6.90. The van der Waals surface area contributed by atoms with Crippen molar-refractivity contribution in [2.24, 2.45) is 0 Å². The summed E-state index contributed by atoms with van der Waals surface area (Å²) >= 11 is 1.27. The zero-order chi connectivity index (χ0) is 14.5. The van der Waals surface area contributed by atoms with Crippen LogP contribution in [0.25, 0.3) is 0 Å². The minimum absolute atomic E-state index is 0.221. The van der Waals surface area contributed by atoms with Gasteiger partial charge in [0, 0.05) is 18.1 Å².